The summed E-state index contributed by atoms with van der Waals surface area (Å²) >= 11 is 0. The molecular weight excluding hydrogens is 606 g/mol. The third-order valence-corrected chi connectivity index (χ3v) is 8.11. The van der Waals surface area contributed by atoms with Crippen molar-refractivity contribution in [3.63, 3.8) is 0 Å². The lowest BCUT2D eigenvalue weighted by Gasteiger charge is -2.55. The monoisotopic (exact) mass is 638 g/mol. The normalized spacial score (nSPS) is 16.0. The summed E-state index contributed by atoms with van der Waals surface area (Å²) < 4.78 is 80.0. The fourth-order valence-electron chi connectivity index (χ4n) is 5.66. The molecule has 0 atom stereocenters. The summed E-state index contributed by atoms with van der Waals surface area (Å²) in [7, 11) is 0. The predicted molar refractivity (Wildman–Crippen MR) is 154 cm³/mol. The summed E-state index contributed by atoms with van der Waals surface area (Å²) in [6.07, 6.45) is -3.06. The van der Waals surface area contributed by atoms with E-state index in [4.69, 9.17) is 19.7 Å². The van der Waals surface area contributed by atoms with Gasteiger partial charge in [-0.15, -0.1) is 0 Å². The Morgan fingerprint density at radius 1 is 0.911 bits per heavy atom. The Bertz CT molecular complexity index is 1550. The Morgan fingerprint density at radius 2 is 1.51 bits per heavy atom. The first-order valence-corrected chi connectivity index (χ1v) is 14.1. The first kappa shape index (κ1) is 33.6. The van der Waals surface area contributed by atoms with E-state index in [1.54, 1.807) is 18.2 Å². The van der Waals surface area contributed by atoms with Crippen molar-refractivity contribution in [3.05, 3.63) is 82.7 Å². The first-order chi connectivity index (χ1) is 21.1. The number of hydrogen-bond donors (Lipinski definition) is 2. The molecule has 3 aromatic rings. The number of benzene rings is 3. The fraction of sp³-hybridized carbons (Fsp3) is 0.375. The molecule has 2 saturated heterocycles. The Hall–Kier alpha value is -4.26. The van der Waals surface area contributed by atoms with Crippen LogP contribution in [0.4, 0.5) is 32.0 Å². The molecule has 0 bridgehead atoms. The van der Waals surface area contributed by atoms with E-state index in [0.717, 1.165) is 61.9 Å². The minimum atomic E-state index is -5.08. The third kappa shape index (κ3) is 7.70. The Kier molecular flexibility index (Phi) is 10.0. The van der Waals surface area contributed by atoms with Gasteiger partial charge in [-0.05, 0) is 105 Å². The number of ether oxygens (including phenoxy) is 1. The van der Waals surface area contributed by atoms with E-state index < -0.39 is 35.6 Å². The van der Waals surface area contributed by atoms with Crippen molar-refractivity contribution in [2.45, 2.75) is 39.4 Å². The minimum absolute atomic E-state index is 0.0436. The van der Waals surface area contributed by atoms with Crippen LogP contribution in [-0.2, 0) is 11.3 Å². The van der Waals surface area contributed by atoms with Gasteiger partial charge in [0.2, 0.25) is 0 Å². The second kappa shape index (κ2) is 13.4. The van der Waals surface area contributed by atoms with E-state index in [1.165, 1.54) is 6.07 Å². The number of aryl methyl sites for hydroxylation is 1. The lowest BCUT2D eigenvalue weighted by Crippen LogP contribution is -2.60. The van der Waals surface area contributed by atoms with Crippen LogP contribution in [0.1, 0.15) is 41.3 Å². The number of carbonyl (C=O) groups is 2. The van der Waals surface area contributed by atoms with Crippen LogP contribution in [0, 0.1) is 29.8 Å². The van der Waals surface area contributed by atoms with Crippen LogP contribution in [0.3, 0.4) is 0 Å². The zero-order valence-electron chi connectivity index (χ0n) is 24.6. The number of nitrogens with zero attached hydrogens (tertiary/aromatic N) is 2. The summed E-state index contributed by atoms with van der Waals surface area (Å²) in [4.78, 5) is 24.6. The summed E-state index contributed by atoms with van der Waals surface area (Å²) in [5.41, 5.74) is 3.74. The third-order valence-electron chi connectivity index (χ3n) is 8.11. The van der Waals surface area contributed by atoms with E-state index in [9.17, 15) is 31.1 Å². The molecule has 2 N–H and O–H groups in total. The van der Waals surface area contributed by atoms with Gasteiger partial charge in [0.1, 0.15) is 5.75 Å². The number of anilines is 1. The molecule has 13 heteroatoms. The van der Waals surface area contributed by atoms with Crippen molar-refractivity contribution >= 4 is 17.6 Å². The largest absolute Gasteiger partial charge is 0.494 e. The van der Waals surface area contributed by atoms with Crippen molar-refractivity contribution in [1.82, 2.24) is 4.90 Å². The van der Waals surface area contributed by atoms with Gasteiger partial charge in [0.05, 0.1) is 12.2 Å². The van der Waals surface area contributed by atoms with Gasteiger partial charge in [0.25, 0.3) is 0 Å². The summed E-state index contributed by atoms with van der Waals surface area (Å²) in [5, 5.41) is 16.2. The molecule has 2 fully saturated rings. The molecule has 0 aromatic heterocycles. The van der Waals surface area contributed by atoms with E-state index in [2.05, 4.69) is 9.80 Å². The van der Waals surface area contributed by atoms with E-state index in [1.807, 2.05) is 32.0 Å². The molecule has 0 amide bonds. The van der Waals surface area contributed by atoms with Crippen LogP contribution in [0.15, 0.2) is 48.5 Å². The highest BCUT2D eigenvalue weighted by atomic mass is 19.4. The number of aliphatic carboxylic acids is 1. The van der Waals surface area contributed by atoms with Gasteiger partial charge >= 0.3 is 18.1 Å². The summed E-state index contributed by atoms with van der Waals surface area (Å²) in [6.45, 7) is 8.38. The van der Waals surface area contributed by atoms with E-state index in [0.29, 0.717) is 24.5 Å². The van der Waals surface area contributed by atoms with Crippen LogP contribution in [0.25, 0.3) is 11.1 Å². The van der Waals surface area contributed by atoms with Crippen molar-refractivity contribution in [3.8, 4) is 16.9 Å². The highest BCUT2D eigenvalue weighted by molar-refractivity contribution is 5.88. The molecule has 3 aromatic carbocycles. The Morgan fingerprint density at radius 3 is 2.04 bits per heavy atom. The summed E-state index contributed by atoms with van der Waals surface area (Å²) in [5.74, 6) is -6.84. The maximum absolute atomic E-state index is 14.8. The molecule has 2 aliphatic rings. The number of rotatable bonds is 7. The number of aromatic carboxylic acids is 1. The number of carboxylic acid groups (broad SMARTS) is 2. The van der Waals surface area contributed by atoms with Crippen LogP contribution < -0.4 is 9.64 Å². The lowest BCUT2D eigenvalue weighted by atomic mass is 9.71. The SMILES string of the molecule is CCOc1cc(CN2CCC3(CC2)CN(c2ccc(C(=O)O)cc2)C3)c(-c2ccc(F)c(F)c2F)cc1C.O=C(O)C(F)(F)F. The average molecular weight is 639 g/mol. The Balaban J connectivity index is 0.000000591. The van der Waals surface area contributed by atoms with Gasteiger partial charge < -0.3 is 19.8 Å². The zero-order chi connectivity index (χ0) is 33.1. The predicted octanol–water partition coefficient (Wildman–Crippen LogP) is 6.91. The Labute approximate surface area is 255 Å². The smallest absolute Gasteiger partial charge is 0.490 e. The van der Waals surface area contributed by atoms with Gasteiger partial charge in [-0.3, -0.25) is 4.90 Å². The van der Waals surface area contributed by atoms with Gasteiger partial charge in [0, 0.05) is 36.3 Å². The second-order valence-corrected chi connectivity index (χ2v) is 11.2. The minimum Gasteiger partial charge on any atom is -0.494 e. The lowest BCUT2D eigenvalue weighted by molar-refractivity contribution is -0.192. The van der Waals surface area contributed by atoms with Gasteiger partial charge in [-0.2, -0.15) is 13.2 Å². The van der Waals surface area contributed by atoms with Crippen LogP contribution in [0.2, 0.25) is 0 Å². The summed E-state index contributed by atoms with van der Waals surface area (Å²) in [6, 6.07) is 12.9. The molecular formula is C32H32F6N2O5. The number of halogens is 6. The second-order valence-electron chi connectivity index (χ2n) is 11.2. The average Bonchev–Trinajstić information content (AvgIpc) is 2.97. The van der Waals surface area contributed by atoms with E-state index >= 15 is 0 Å². The number of carboxylic acids is 2. The zero-order valence-corrected chi connectivity index (χ0v) is 24.6. The molecule has 2 heterocycles. The van der Waals surface area contributed by atoms with Crippen LogP contribution in [-0.4, -0.2) is 66.0 Å². The van der Waals surface area contributed by atoms with Crippen molar-refractivity contribution < 1.29 is 50.9 Å². The highest BCUT2D eigenvalue weighted by Crippen LogP contribution is 2.43. The van der Waals surface area contributed by atoms with E-state index in [-0.39, 0.29) is 16.5 Å². The molecule has 0 aliphatic carbocycles. The quantitative estimate of drug-likeness (QED) is 0.215. The van der Waals surface area contributed by atoms with Crippen molar-refractivity contribution in [2.75, 3.05) is 37.7 Å². The molecule has 242 valence electrons. The molecule has 7 nitrogen and oxygen atoms in total. The number of likely N-dealkylation sites (tertiary alicyclic amines) is 1. The molecule has 5 rings (SSSR count). The molecule has 1 spiro atoms. The topological polar surface area (TPSA) is 90.3 Å². The molecule has 0 radical (unpaired) electrons. The first-order valence-electron chi connectivity index (χ1n) is 14.1. The van der Waals surface area contributed by atoms with Crippen molar-refractivity contribution in [1.29, 1.82) is 0 Å². The van der Waals surface area contributed by atoms with Gasteiger partial charge in [0.15, 0.2) is 17.5 Å². The van der Waals surface area contributed by atoms with Crippen molar-refractivity contribution in [2.24, 2.45) is 5.41 Å². The number of alkyl halides is 3. The molecule has 0 unspecified atom stereocenters. The number of piperidine rings is 1. The molecule has 45 heavy (non-hydrogen) atoms. The molecule has 2 aliphatic heterocycles. The molecule has 0 saturated carbocycles. The number of hydrogen-bond acceptors (Lipinski definition) is 5. The maximum Gasteiger partial charge on any atom is 0.490 e. The fourth-order valence-corrected chi connectivity index (χ4v) is 5.66. The standard InChI is InChI=1S/C30H31F3N2O3.C2HF3O2/c1-3-38-26-15-21(24(14-19(26)2)23-8-9-25(31)28(33)27(23)32)16-34-12-10-30(11-13-34)17-35(18-30)22-6-4-20(5-7-22)29(36)37;3-2(4,5)1(6)7/h4-9,14-15H,3,10-13,16-18H2,1-2H3,(H,36,37);(H,6,7). The van der Waals surface area contributed by atoms with Crippen LogP contribution in [0.5, 0.6) is 5.75 Å². The maximum atomic E-state index is 14.8. The van der Waals surface area contributed by atoms with Gasteiger partial charge in [-0.1, -0.05) is 0 Å². The van der Waals surface area contributed by atoms with Crippen LogP contribution >= 0.6 is 0 Å². The highest BCUT2D eigenvalue weighted by Gasteiger charge is 2.45. The van der Waals surface area contributed by atoms with Gasteiger partial charge in [-0.25, -0.2) is 22.8 Å².